The van der Waals surface area contributed by atoms with Crippen LogP contribution in [0.15, 0.2) is 0 Å². The molecule has 0 atom stereocenters. The maximum absolute atomic E-state index is 2.62. The first kappa shape index (κ1) is 18.6. The minimum atomic E-state index is 0.680. The van der Waals surface area contributed by atoms with E-state index >= 15 is 0 Å². The van der Waals surface area contributed by atoms with Crippen LogP contribution in [-0.4, -0.2) is 29.2 Å². The molecule has 2 rings (SSSR count). The summed E-state index contributed by atoms with van der Waals surface area (Å²) >= 11 is 0. The summed E-state index contributed by atoms with van der Waals surface area (Å²) in [5.41, 5.74) is 0. The Morgan fingerprint density at radius 1 is 0.636 bits per heavy atom. The molecule has 0 aromatic carbocycles. The highest BCUT2D eigenvalue weighted by atomic mass is 14.1. The van der Waals surface area contributed by atoms with Crippen LogP contribution in [-0.2, 0) is 0 Å². The van der Waals surface area contributed by atoms with E-state index in [9.17, 15) is 0 Å². The first-order valence-corrected chi connectivity index (χ1v) is 10.8. The number of rotatable bonds is 4. The van der Waals surface area contributed by atoms with E-state index in [1.54, 1.807) is 0 Å². The maximum Gasteiger partial charge on any atom is 0.0987 e. The molecule has 0 unspecified atom stereocenters. The van der Waals surface area contributed by atoms with Crippen molar-refractivity contribution in [3.63, 3.8) is 0 Å². The van der Waals surface area contributed by atoms with Gasteiger partial charge in [-0.3, -0.25) is 0 Å². The molecule has 0 N–H and O–H groups in total. The molecule has 0 nitrogen and oxygen atoms in total. The van der Waals surface area contributed by atoms with Gasteiger partial charge in [0.25, 0.3) is 0 Å². The third-order valence-electron chi connectivity index (χ3n) is 6.68. The van der Waals surface area contributed by atoms with Gasteiger partial charge in [0.05, 0.1) is 29.2 Å². The van der Waals surface area contributed by atoms with Crippen LogP contribution in [0.3, 0.4) is 0 Å². The van der Waals surface area contributed by atoms with Crippen LogP contribution >= 0.6 is 0 Å². The van der Waals surface area contributed by atoms with Crippen LogP contribution in [0.1, 0.15) is 103 Å². The summed E-state index contributed by atoms with van der Waals surface area (Å²) in [7, 11) is 7.19. The fourth-order valence-corrected chi connectivity index (χ4v) is 5.01. The first-order chi connectivity index (χ1) is 10.8. The molecule has 0 aromatic heterocycles. The Balaban J connectivity index is 1.69. The predicted octanol–water partition coefficient (Wildman–Crippen LogP) is 3.93. The van der Waals surface area contributed by atoms with Gasteiger partial charge in [0.2, 0.25) is 0 Å². The van der Waals surface area contributed by atoms with Gasteiger partial charge in [-0.25, -0.2) is 0 Å². The van der Waals surface area contributed by atoms with E-state index in [1.165, 1.54) is 124 Å². The Hall–Kier alpha value is 0.260. The lowest BCUT2D eigenvalue weighted by atomic mass is 9.09. The Kier molecular flexibility index (Phi) is 9.24. The molecule has 22 heavy (non-hydrogen) atoms. The molecule has 0 amide bonds. The predicted molar refractivity (Wildman–Crippen MR) is 110 cm³/mol. The molecule has 0 saturated heterocycles. The van der Waals surface area contributed by atoms with Gasteiger partial charge >= 0.3 is 0 Å². The summed E-state index contributed by atoms with van der Waals surface area (Å²) in [6, 6.07) is 0. The molecule has 2 aliphatic carbocycles. The highest BCUT2D eigenvalue weighted by molar-refractivity contribution is 7.31. The van der Waals surface area contributed by atoms with Gasteiger partial charge in [-0.05, 0) is 0 Å². The number of hydrogen-bond donors (Lipinski definition) is 0. The number of hydrogen-bond acceptors (Lipinski definition) is 0. The minimum Gasteiger partial charge on any atom is -0.0884 e. The first-order valence-electron chi connectivity index (χ1n) is 10.8. The van der Waals surface area contributed by atoms with Crippen molar-refractivity contribution in [3.8, 4) is 0 Å². The molecular formula is C18H38B4. The zero-order valence-electron chi connectivity index (χ0n) is 15.5. The second-order valence-corrected chi connectivity index (χ2v) is 8.89. The third kappa shape index (κ3) is 7.69. The topological polar surface area (TPSA) is 0 Å². The van der Waals surface area contributed by atoms with E-state index in [4.69, 9.17) is 0 Å². The highest BCUT2D eigenvalue weighted by Gasteiger charge is 2.25. The molecule has 0 bridgehead atoms. The molecule has 2 aliphatic rings. The lowest BCUT2D eigenvalue weighted by molar-refractivity contribution is 0.481. The van der Waals surface area contributed by atoms with Crippen LogP contribution < -0.4 is 0 Å². The standard InChI is InChI=1S/C18H38B4/c19-18(15-11-7-2-1-3-8-12-16-18)21-22-20-17-13-9-5-4-6-10-14-17/h17,20-22H,1-16,19H2. The van der Waals surface area contributed by atoms with E-state index in [0.717, 1.165) is 5.82 Å². The van der Waals surface area contributed by atoms with E-state index < -0.39 is 0 Å². The molecular weight excluding hydrogens is 259 g/mol. The highest BCUT2D eigenvalue weighted by Crippen LogP contribution is 2.35. The molecule has 0 heterocycles. The summed E-state index contributed by atoms with van der Waals surface area (Å²) in [4.78, 5) is 0. The monoisotopic (exact) mass is 298 g/mol. The molecule has 0 spiro atoms. The maximum atomic E-state index is 2.62. The van der Waals surface area contributed by atoms with E-state index in [1.807, 2.05) is 0 Å². The van der Waals surface area contributed by atoms with Crippen molar-refractivity contribution in [2.75, 3.05) is 0 Å². The molecule has 0 aliphatic heterocycles. The van der Waals surface area contributed by atoms with Gasteiger partial charge in [0, 0.05) is 0 Å². The van der Waals surface area contributed by atoms with Gasteiger partial charge in [0.1, 0.15) is 0 Å². The fraction of sp³-hybridized carbons (Fsp3) is 1.00. The van der Waals surface area contributed by atoms with Crippen molar-refractivity contribution in [2.24, 2.45) is 0 Å². The Morgan fingerprint density at radius 3 is 1.64 bits per heavy atom. The SMILES string of the molecule is BC1(BBBC2CCCCCCC2)CCCCCCCCC1. The molecule has 122 valence electrons. The van der Waals surface area contributed by atoms with Gasteiger partial charge in [-0.1, -0.05) is 114 Å². The van der Waals surface area contributed by atoms with Gasteiger partial charge in [-0.2, -0.15) is 0 Å². The molecule has 0 aromatic rings. The van der Waals surface area contributed by atoms with Gasteiger partial charge < -0.3 is 0 Å². The zero-order chi connectivity index (χ0) is 15.5. The van der Waals surface area contributed by atoms with Crippen molar-refractivity contribution in [3.05, 3.63) is 0 Å². The van der Waals surface area contributed by atoms with Crippen molar-refractivity contribution in [2.45, 2.75) is 114 Å². The second-order valence-electron chi connectivity index (χ2n) is 8.89. The Morgan fingerprint density at radius 2 is 1.09 bits per heavy atom. The summed E-state index contributed by atoms with van der Waals surface area (Å²) in [6.07, 6.45) is 24.1. The summed E-state index contributed by atoms with van der Waals surface area (Å²) in [5.74, 6) is 1.07. The van der Waals surface area contributed by atoms with Crippen molar-refractivity contribution >= 4 is 29.2 Å². The van der Waals surface area contributed by atoms with Crippen LogP contribution in [0, 0.1) is 0 Å². The fourth-order valence-electron chi connectivity index (χ4n) is 5.01. The van der Waals surface area contributed by atoms with E-state index in [-0.39, 0.29) is 0 Å². The molecule has 2 saturated carbocycles. The Labute approximate surface area is 143 Å². The van der Waals surface area contributed by atoms with Crippen LogP contribution in [0.5, 0.6) is 0 Å². The molecule has 0 radical (unpaired) electrons. The van der Waals surface area contributed by atoms with E-state index in [0.29, 0.717) is 5.21 Å². The molecule has 2 fully saturated rings. The van der Waals surface area contributed by atoms with Gasteiger partial charge in [0.15, 0.2) is 0 Å². The lowest BCUT2D eigenvalue weighted by Crippen LogP contribution is -2.31. The summed E-state index contributed by atoms with van der Waals surface area (Å²) in [6.45, 7) is 0. The lowest BCUT2D eigenvalue weighted by Gasteiger charge is -2.30. The minimum absolute atomic E-state index is 0.680. The average molecular weight is 298 g/mol. The van der Waals surface area contributed by atoms with Crippen LogP contribution in [0.4, 0.5) is 0 Å². The van der Waals surface area contributed by atoms with Crippen molar-refractivity contribution in [1.29, 1.82) is 0 Å². The van der Waals surface area contributed by atoms with E-state index in [2.05, 4.69) is 7.85 Å². The van der Waals surface area contributed by atoms with Crippen LogP contribution in [0.2, 0.25) is 11.0 Å². The largest absolute Gasteiger partial charge is 0.0987 e. The van der Waals surface area contributed by atoms with Gasteiger partial charge in [-0.15, -0.1) is 0 Å². The quantitative estimate of drug-likeness (QED) is 0.690. The van der Waals surface area contributed by atoms with Crippen LogP contribution in [0.25, 0.3) is 0 Å². The smallest absolute Gasteiger partial charge is 0.0884 e. The van der Waals surface area contributed by atoms with Crippen molar-refractivity contribution < 1.29 is 0 Å². The summed E-state index contributed by atoms with van der Waals surface area (Å²) in [5, 5.41) is 0.680. The third-order valence-corrected chi connectivity index (χ3v) is 6.68. The average Bonchev–Trinajstić information content (AvgIpc) is 2.48. The normalized spacial score (nSPS) is 25.5. The summed E-state index contributed by atoms with van der Waals surface area (Å²) < 4.78 is 0. The second kappa shape index (κ2) is 10.9. The Bertz CT molecular complexity index is 264. The zero-order valence-corrected chi connectivity index (χ0v) is 15.5. The van der Waals surface area contributed by atoms with Crippen molar-refractivity contribution in [1.82, 2.24) is 0 Å². The molecule has 4 heteroatoms.